The van der Waals surface area contributed by atoms with Gasteiger partial charge < -0.3 is 47.2 Å². The summed E-state index contributed by atoms with van der Waals surface area (Å²) in [5, 5.41) is 40.4. The van der Waals surface area contributed by atoms with Crippen molar-refractivity contribution < 1.29 is 44.1 Å². The number of nitrogens with one attached hydrogen (secondary N) is 4. The summed E-state index contributed by atoms with van der Waals surface area (Å²) in [6.45, 7) is 8.81. The topological polar surface area (TPSA) is 240 Å². The molecule has 15 heteroatoms. The lowest BCUT2D eigenvalue weighted by Gasteiger charge is -2.28. The van der Waals surface area contributed by atoms with Gasteiger partial charge in [-0.15, -0.1) is 0 Å². The van der Waals surface area contributed by atoms with Gasteiger partial charge >= 0.3 is 5.97 Å². The molecule has 326 valence electrons. The molecule has 0 radical (unpaired) electrons. The number of phenolic OH excluding ortho intramolecular Hbond substituents is 2. The molecule has 5 rings (SSSR count). The van der Waals surface area contributed by atoms with Gasteiger partial charge in [0.25, 0.3) is 5.91 Å². The Morgan fingerprint density at radius 3 is 2.07 bits per heavy atom. The fourth-order valence-electron chi connectivity index (χ4n) is 6.22. The SMILES string of the molecule is CCCCc1ccc(-c2ccc(C(=O)NCC(C)C)cc2)cc1.CCN.CN(C(=O)CNC=O)C1C(=O)NCC(=O)NC(C(=O)O)Cc2ccc(O)c(c2)-c2cc1ccc2O. The molecule has 4 aromatic carbocycles. The van der Waals surface area contributed by atoms with Crippen molar-refractivity contribution in [1.29, 1.82) is 0 Å². The minimum atomic E-state index is -1.32. The van der Waals surface area contributed by atoms with E-state index in [1.807, 2.05) is 31.2 Å². The zero-order chi connectivity index (χ0) is 45.1. The molecule has 0 aromatic heterocycles. The highest BCUT2D eigenvalue weighted by molar-refractivity contribution is 5.95. The van der Waals surface area contributed by atoms with Crippen LogP contribution in [-0.4, -0.2) is 95.5 Å². The van der Waals surface area contributed by atoms with Crippen LogP contribution >= 0.6 is 0 Å². The molecular weight excluding hydrogens is 781 g/mol. The maximum absolute atomic E-state index is 13.1. The van der Waals surface area contributed by atoms with Crippen molar-refractivity contribution in [3.63, 3.8) is 0 Å². The molecule has 1 heterocycles. The van der Waals surface area contributed by atoms with E-state index in [2.05, 4.69) is 66.3 Å². The predicted octanol–water partition coefficient (Wildman–Crippen LogP) is 4.30. The second-order valence-electron chi connectivity index (χ2n) is 14.8. The minimum absolute atomic E-state index is 0.000151. The molecule has 0 fully saturated rings. The number of likely N-dealkylation sites (N-methyl/N-ethyl adjacent to an activating group) is 1. The summed E-state index contributed by atoms with van der Waals surface area (Å²) in [6, 6.07) is 22.4. The Morgan fingerprint density at radius 1 is 0.902 bits per heavy atom. The highest BCUT2D eigenvalue weighted by Crippen LogP contribution is 2.38. The quantitative estimate of drug-likeness (QED) is 0.0942. The van der Waals surface area contributed by atoms with Gasteiger partial charge in [-0.1, -0.05) is 82.6 Å². The molecule has 0 saturated heterocycles. The van der Waals surface area contributed by atoms with Crippen LogP contribution in [0.4, 0.5) is 0 Å². The van der Waals surface area contributed by atoms with Crippen molar-refractivity contribution in [3.05, 3.63) is 107 Å². The largest absolute Gasteiger partial charge is 0.507 e. The fourth-order valence-corrected chi connectivity index (χ4v) is 6.22. The first kappa shape index (κ1) is 48.6. The maximum atomic E-state index is 13.1. The molecule has 2 unspecified atom stereocenters. The Bertz CT molecular complexity index is 2110. The Morgan fingerprint density at radius 2 is 1.49 bits per heavy atom. The van der Waals surface area contributed by atoms with Crippen LogP contribution in [0.2, 0.25) is 0 Å². The first-order valence-corrected chi connectivity index (χ1v) is 20.2. The molecule has 0 saturated carbocycles. The third-order valence-corrected chi connectivity index (χ3v) is 9.47. The third kappa shape index (κ3) is 14.8. The van der Waals surface area contributed by atoms with E-state index in [1.165, 1.54) is 67.4 Å². The predicted molar refractivity (Wildman–Crippen MR) is 233 cm³/mol. The van der Waals surface area contributed by atoms with Crippen molar-refractivity contribution in [2.45, 2.75) is 65.5 Å². The van der Waals surface area contributed by atoms with Gasteiger partial charge in [0.05, 0.1) is 13.1 Å². The number of carboxylic acids is 1. The third-order valence-electron chi connectivity index (χ3n) is 9.47. The molecule has 2 atom stereocenters. The van der Waals surface area contributed by atoms with Crippen LogP contribution in [0.5, 0.6) is 11.5 Å². The van der Waals surface area contributed by atoms with Crippen LogP contribution in [-0.2, 0) is 36.8 Å². The zero-order valence-corrected chi connectivity index (χ0v) is 35.4. The van der Waals surface area contributed by atoms with Gasteiger partial charge in [0.15, 0.2) is 0 Å². The summed E-state index contributed by atoms with van der Waals surface area (Å²) in [5.41, 5.74) is 10.3. The number of amides is 5. The first-order chi connectivity index (χ1) is 29.1. The second-order valence-corrected chi connectivity index (χ2v) is 14.8. The summed E-state index contributed by atoms with van der Waals surface area (Å²) < 4.78 is 0. The number of carboxylic acid groups (broad SMARTS) is 1. The van der Waals surface area contributed by atoms with Gasteiger partial charge in [0, 0.05) is 36.7 Å². The summed E-state index contributed by atoms with van der Waals surface area (Å²) in [5.74, 6) is -3.43. The van der Waals surface area contributed by atoms with Gasteiger partial charge in [-0.3, -0.25) is 24.0 Å². The number of rotatable bonds is 12. The van der Waals surface area contributed by atoms with Gasteiger partial charge in [0.1, 0.15) is 23.6 Å². The van der Waals surface area contributed by atoms with Crippen LogP contribution in [0.25, 0.3) is 22.3 Å². The number of aryl methyl sites for hydroxylation is 1. The Kier molecular flexibility index (Phi) is 19.4. The Balaban J connectivity index is 0.000000329. The van der Waals surface area contributed by atoms with E-state index < -0.39 is 48.9 Å². The standard InChI is InChI=1S/C23H24N4O8.C21H27NO.C2H7N/c1-27(20(32)10-24-11-28)21-13-3-5-18(30)15(8-13)14-6-12(2-4-17(14)29)7-16(23(34)35)26-19(31)9-25-22(21)33;1-4-5-6-17-7-9-18(10-8-17)19-11-13-20(14-12-19)21(23)22-15-16(2)3;1-2-3/h2-6,8,11,16,21,29-30H,7,9-10H2,1H3,(H,24,28)(H,25,33)(H,26,31)(H,34,35);7-14,16H,4-6,15H2,1-3H3,(H,22,23);2-3H2,1H3. The highest BCUT2D eigenvalue weighted by Gasteiger charge is 2.31. The van der Waals surface area contributed by atoms with Crippen LogP contribution in [0.3, 0.4) is 0 Å². The lowest BCUT2D eigenvalue weighted by molar-refractivity contribution is -0.142. The van der Waals surface area contributed by atoms with E-state index in [4.69, 9.17) is 5.73 Å². The summed E-state index contributed by atoms with van der Waals surface area (Å²) in [6.07, 6.45) is 3.82. The number of aromatic hydroxyl groups is 2. The number of phenols is 2. The van der Waals surface area contributed by atoms with E-state index in [0.29, 0.717) is 30.0 Å². The zero-order valence-electron chi connectivity index (χ0n) is 35.4. The number of nitrogens with zero attached hydrogens (tertiary/aromatic N) is 1. The van der Waals surface area contributed by atoms with Gasteiger partial charge in [-0.05, 0) is 89.5 Å². The number of carbonyl (C=O) groups is 6. The van der Waals surface area contributed by atoms with Gasteiger partial charge in [-0.2, -0.15) is 0 Å². The maximum Gasteiger partial charge on any atom is 0.326 e. The van der Waals surface area contributed by atoms with Gasteiger partial charge in [-0.25, -0.2) is 4.79 Å². The molecule has 0 spiro atoms. The second kappa shape index (κ2) is 24.4. The molecule has 9 N–H and O–H groups in total. The molecule has 4 bridgehead atoms. The van der Waals surface area contributed by atoms with Crippen LogP contribution in [0, 0.1) is 5.92 Å². The average Bonchev–Trinajstić information content (AvgIpc) is 3.24. The molecule has 1 aliphatic rings. The molecule has 4 aromatic rings. The van der Waals surface area contributed by atoms with Crippen molar-refractivity contribution in [2.24, 2.45) is 11.7 Å². The molecule has 1 aliphatic heterocycles. The van der Waals surface area contributed by atoms with Crippen LogP contribution < -0.4 is 27.0 Å². The molecular formula is C46H58N6O9. The van der Waals surface area contributed by atoms with Gasteiger partial charge in [0.2, 0.25) is 24.1 Å². The van der Waals surface area contributed by atoms with Crippen molar-refractivity contribution >= 4 is 36.0 Å². The van der Waals surface area contributed by atoms with E-state index in [9.17, 15) is 44.1 Å². The molecule has 61 heavy (non-hydrogen) atoms. The number of nitrogens with two attached hydrogens (primary N) is 1. The number of hydrogen-bond donors (Lipinski definition) is 8. The minimum Gasteiger partial charge on any atom is -0.507 e. The lowest BCUT2D eigenvalue weighted by Crippen LogP contribution is -2.49. The normalized spacial score (nSPS) is 14.6. The van der Waals surface area contributed by atoms with E-state index in [1.54, 1.807) is 0 Å². The average molecular weight is 839 g/mol. The fraction of sp³-hybridized carbons (Fsp3) is 0.348. The van der Waals surface area contributed by atoms with Crippen LogP contribution in [0.15, 0.2) is 84.9 Å². The number of hydrogen-bond acceptors (Lipinski definition) is 9. The molecule has 5 amide bonds. The smallest absolute Gasteiger partial charge is 0.326 e. The highest BCUT2D eigenvalue weighted by atomic mass is 16.4. The summed E-state index contributed by atoms with van der Waals surface area (Å²) >= 11 is 0. The first-order valence-electron chi connectivity index (χ1n) is 20.2. The Hall–Kier alpha value is -6.74. The van der Waals surface area contributed by atoms with E-state index in [0.717, 1.165) is 23.4 Å². The number of unbranched alkanes of at least 4 members (excludes halogenated alkanes) is 1. The number of fused-ring (bicyclic) bond motifs is 5. The van der Waals surface area contributed by atoms with Crippen molar-refractivity contribution in [1.82, 2.24) is 26.2 Å². The molecule has 0 aliphatic carbocycles. The Labute approximate surface area is 356 Å². The lowest BCUT2D eigenvalue weighted by atomic mass is 9.94. The summed E-state index contributed by atoms with van der Waals surface area (Å²) in [7, 11) is 1.33. The summed E-state index contributed by atoms with van der Waals surface area (Å²) in [4.78, 5) is 73.4. The van der Waals surface area contributed by atoms with E-state index in [-0.39, 0.29) is 40.5 Å². The molecule has 15 nitrogen and oxygen atoms in total. The number of benzene rings is 4. The number of carbonyl (C=O) groups excluding carboxylic acids is 5. The number of aliphatic carboxylic acids is 1. The monoisotopic (exact) mass is 838 g/mol. The van der Waals surface area contributed by atoms with Crippen LogP contribution in [0.1, 0.15) is 73.6 Å². The van der Waals surface area contributed by atoms with Crippen molar-refractivity contribution in [3.8, 4) is 33.8 Å². The van der Waals surface area contributed by atoms with E-state index >= 15 is 0 Å². The van der Waals surface area contributed by atoms with Crippen molar-refractivity contribution in [2.75, 3.05) is 33.2 Å².